The van der Waals surface area contributed by atoms with Crippen LogP contribution in [0.25, 0.3) is 22.2 Å². The Morgan fingerprint density at radius 1 is 0.758 bits per heavy atom. The number of aromatic nitrogens is 3. The third-order valence-electron chi connectivity index (χ3n) is 14.8. The second-order valence-corrected chi connectivity index (χ2v) is 19.8. The van der Waals surface area contributed by atoms with Crippen LogP contribution in [0.3, 0.4) is 0 Å². The first-order valence-corrected chi connectivity index (χ1v) is 24.3. The molecular weight excluding hydrogens is 821 g/mol. The molecule has 11 heteroatoms. The average molecular weight is 890 g/mol. The summed E-state index contributed by atoms with van der Waals surface area (Å²) in [6.45, 7) is 18.0. The van der Waals surface area contributed by atoms with E-state index in [1.54, 1.807) is 0 Å². The first-order valence-electron chi connectivity index (χ1n) is 24.3. The first kappa shape index (κ1) is 45.8. The Hall–Kier alpha value is -5.36. The first-order chi connectivity index (χ1) is 31.9. The second-order valence-electron chi connectivity index (χ2n) is 19.8. The van der Waals surface area contributed by atoms with Crippen molar-refractivity contribution in [1.29, 1.82) is 0 Å². The van der Waals surface area contributed by atoms with E-state index in [-0.39, 0.29) is 24.4 Å². The predicted molar refractivity (Wildman–Crippen MR) is 266 cm³/mol. The Morgan fingerprint density at radius 3 is 2.11 bits per heavy atom. The van der Waals surface area contributed by atoms with Gasteiger partial charge in [0.05, 0.1) is 28.4 Å². The van der Waals surface area contributed by atoms with Crippen LogP contribution in [0.2, 0.25) is 0 Å². The van der Waals surface area contributed by atoms with Gasteiger partial charge in [-0.25, -0.2) is 0 Å². The van der Waals surface area contributed by atoms with Crippen molar-refractivity contribution >= 4 is 29.2 Å². The zero-order valence-corrected chi connectivity index (χ0v) is 40.2. The Kier molecular flexibility index (Phi) is 13.8. The minimum Gasteiger partial charge on any atom is -0.490 e. The van der Waals surface area contributed by atoms with Crippen LogP contribution in [0.15, 0.2) is 109 Å². The largest absolute Gasteiger partial charge is 0.495 e. The molecule has 0 amide bonds. The number of aryl methyl sites for hydroxylation is 1. The van der Waals surface area contributed by atoms with Gasteiger partial charge < -0.3 is 28.4 Å². The smallest absolute Gasteiger partial charge is 0.490 e. The van der Waals surface area contributed by atoms with E-state index in [4.69, 9.17) is 33.6 Å². The molecule has 4 heterocycles. The fraction of sp³-hybridized carbons (Fsp3) is 0.455. The normalized spacial score (nSPS) is 20.1. The summed E-state index contributed by atoms with van der Waals surface area (Å²) in [6.07, 6.45) is 8.83. The molecule has 1 atom stereocenters. The van der Waals surface area contributed by atoms with Crippen molar-refractivity contribution in [2.24, 2.45) is 13.0 Å². The van der Waals surface area contributed by atoms with E-state index in [0.717, 1.165) is 95.0 Å². The van der Waals surface area contributed by atoms with Gasteiger partial charge in [0.15, 0.2) is 0 Å². The molecule has 10 nitrogen and oxygen atoms in total. The number of rotatable bonds is 16. The Morgan fingerprint density at radius 2 is 1.42 bits per heavy atom. The molecule has 0 N–H and O–H groups in total. The van der Waals surface area contributed by atoms with Gasteiger partial charge in [-0.15, -0.1) is 0 Å². The van der Waals surface area contributed by atoms with Crippen LogP contribution < -0.4 is 24.6 Å². The van der Waals surface area contributed by atoms with Gasteiger partial charge in [0, 0.05) is 56.4 Å². The van der Waals surface area contributed by atoms with Crippen molar-refractivity contribution in [1.82, 2.24) is 19.7 Å². The Labute approximate surface area is 392 Å². The summed E-state index contributed by atoms with van der Waals surface area (Å²) in [5.74, 6) is 2.77. The minimum atomic E-state index is -0.375. The number of pyridine rings is 1. The lowest BCUT2D eigenvalue weighted by Crippen LogP contribution is -2.49. The van der Waals surface area contributed by atoms with E-state index in [1.807, 2.05) is 72.4 Å². The van der Waals surface area contributed by atoms with E-state index in [1.165, 1.54) is 37.8 Å². The molecule has 0 bridgehead atoms. The molecule has 0 spiro atoms. The van der Waals surface area contributed by atoms with Crippen LogP contribution in [-0.4, -0.2) is 76.3 Å². The second kappa shape index (κ2) is 19.9. The summed E-state index contributed by atoms with van der Waals surface area (Å²) in [5.41, 5.74) is 7.62. The van der Waals surface area contributed by atoms with Crippen LogP contribution in [0.1, 0.15) is 96.3 Å². The molecule has 2 aromatic heterocycles. The number of ether oxygens (including phenoxy) is 3. The number of fused-ring (bicyclic) bond motifs is 1. The maximum Gasteiger partial charge on any atom is 0.495 e. The van der Waals surface area contributed by atoms with E-state index in [0.29, 0.717) is 31.0 Å². The van der Waals surface area contributed by atoms with Gasteiger partial charge in [-0.2, -0.15) is 10.1 Å². The SMILES string of the molecule is Cc1c(O[C@H]2CC[C@H](CCC[C@@H](C)N3CCN(c4ccc5c(-c6ccc(OCc7ccccc7)nc6OCc6ccccc6)nn(C)c5c4)CC3)CC2)cccc1B1OC(C)(C)C(C)(C)O1. The lowest BCUT2D eigenvalue weighted by Gasteiger charge is -2.39. The molecule has 1 aliphatic carbocycles. The number of nitrogens with zero attached hydrogens (tertiary/aromatic N) is 5. The van der Waals surface area contributed by atoms with Crippen LogP contribution in [-0.2, 0) is 29.6 Å². The van der Waals surface area contributed by atoms with Crippen molar-refractivity contribution in [3.8, 4) is 28.8 Å². The zero-order chi connectivity index (χ0) is 45.8. The fourth-order valence-corrected chi connectivity index (χ4v) is 9.90. The third kappa shape index (κ3) is 10.3. The highest BCUT2D eigenvalue weighted by Crippen LogP contribution is 2.39. The monoisotopic (exact) mass is 890 g/mol. The van der Waals surface area contributed by atoms with Gasteiger partial charge in [0.25, 0.3) is 0 Å². The maximum atomic E-state index is 6.66. The summed E-state index contributed by atoms with van der Waals surface area (Å²) >= 11 is 0. The van der Waals surface area contributed by atoms with Crippen molar-refractivity contribution in [2.75, 3.05) is 31.1 Å². The van der Waals surface area contributed by atoms with Gasteiger partial charge in [0.1, 0.15) is 24.7 Å². The van der Waals surface area contributed by atoms with Crippen molar-refractivity contribution in [3.05, 3.63) is 126 Å². The van der Waals surface area contributed by atoms with Crippen LogP contribution in [0.5, 0.6) is 17.5 Å². The van der Waals surface area contributed by atoms with Gasteiger partial charge in [-0.1, -0.05) is 85.6 Å². The van der Waals surface area contributed by atoms with Crippen LogP contribution >= 0.6 is 0 Å². The molecule has 66 heavy (non-hydrogen) atoms. The lowest BCUT2D eigenvalue weighted by atomic mass is 9.76. The molecule has 6 aromatic rings. The number of piperazine rings is 1. The molecule has 4 aromatic carbocycles. The fourth-order valence-electron chi connectivity index (χ4n) is 9.90. The zero-order valence-electron chi connectivity index (χ0n) is 40.2. The molecule has 0 radical (unpaired) electrons. The van der Waals surface area contributed by atoms with Gasteiger partial charge in [-0.05, 0) is 132 Å². The van der Waals surface area contributed by atoms with Crippen molar-refractivity contribution in [2.45, 2.75) is 123 Å². The van der Waals surface area contributed by atoms with Gasteiger partial charge >= 0.3 is 7.12 Å². The minimum absolute atomic E-state index is 0.266. The predicted octanol–water partition coefficient (Wildman–Crippen LogP) is 10.7. The average Bonchev–Trinajstić information content (AvgIpc) is 3.77. The van der Waals surface area contributed by atoms with E-state index in [2.05, 4.69) is 99.9 Å². The quantitative estimate of drug-likeness (QED) is 0.0882. The number of hydrogen-bond acceptors (Lipinski definition) is 9. The highest BCUT2D eigenvalue weighted by atomic mass is 16.7. The van der Waals surface area contributed by atoms with Crippen LogP contribution in [0.4, 0.5) is 5.69 Å². The van der Waals surface area contributed by atoms with Gasteiger partial charge in [-0.3, -0.25) is 9.58 Å². The number of hydrogen-bond donors (Lipinski definition) is 0. The molecular formula is C55H68BN5O5. The van der Waals surface area contributed by atoms with Crippen LogP contribution in [0, 0.1) is 12.8 Å². The number of benzene rings is 4. The Balaban J connectivity index is 0.757. The summed E-state index contributed by atoms with van der Waals surface area (Å²) in [6, 6.07) is 37.9. The molecule has 2 saturated heterocycles. The van der Waals surface area contributed by atoms with E-state index in [9.17, 15) is 0 Å². The van der Waals surface area contributed by atoms with E-state index >= 15 is 0 Å². The highest BCUT2D eigenvalue weighted by molar-refractivity contribution is 6.62. The topological polar surface area (TPSA) is 83.3 Å². The van der Waals surface area contributed by atoms with Crippen molar-refractivity contribution in [3.63, 3.8) is 0 Å². The molecule has 3 aliphatic rings. The highest BCUT2D eigenvalue weighted by Gasteiger charge is 2.52. The third-order valence-corrected chi connectivity index (χ3v) is 14.8. The molecule has 2 aliphatic heterocycles. The Bertz CT molecular complexity index is 2530. The summed E-state index contributed by atoms with van der Waals surface area (Å²) < 4.78 is 33.9. The molecule has 9 rings (SSSR count). The molecule has 0 unspecified atom stereocenters. The molecule has 3 fully saturated rings. The summed E-state index contributed by atoms with van der Waals surface area (Å²) in [5, 5.41) is 6.11. The van der Waals surface area contributed by atoms with E-state index < -0.39 is 0 Å². The number of anilines is 1. The maximum absolute atomic E-state index is 6.66. The standard InChI is InChI=1S/C55H68BN5O5/c1-39(16-14-21-41-24-27-45(28-25-41)64-50-23-15-22-48(40(50)2)56-65-54(3,4)55(5,6)66-56)60-32-34-61(35-33-60)44-26-29-46-49(36-44)59(7)58-52(46)47-30-31-51(62-37-42-17-10-8-11-18-42)57-53(47)63-38-43-19-12-9-13-20-43/h8-13,15,17-20,22-23,26,29-31,36,39,41,45H,14,16,21,24-25,27-28,32-35,37-38H2,1-7H3/t39-,41-,45-/m1/s1. The summed E-state index contributed by atoms with van der Waals surface area (Å²) in [4.78, 5) is 10.1. The summed E-state index contributed by atoms with van der Waals surface area (Å²) in [7, 11) is 1.65. The molecule has 346 valence electrons. The lowest BCUT2D eigenvalue weighted by molar-refractivity contribution is 0.00578. The van der Waals surface area contributed by atoms with Crippen molar-refractivity contribution < 1.29 is 23.5 Å². The molecule has 1 saturated carbocycles. The van der Waals surface area contributed by atoms with Gasteiger partial charge in [0.2, 0.25) is 11.8 Å².